The summed E-state index contributed by atoms with van der Waals surface area (Å²) in [5, 5.41) is 2.45. The molecule has 3 N–H and O–H groups in total. The molecule has 0 fully saturated rings. The number of nitrogens with two attached hydrogens (primary N) is 1. The fraction of sp³-hybridized carbons (Fsp3) is 0.500. The first-order chi connectivity index (χ1) is 9.43. The van der Waals surface area contributed by atoms with Gasteiger partial charge in [0.1, 0.15) is 11.9 Å². The van der Waals surface area contributed by atoms with E-state index in [0.717, 1.165) is 0 Å². The molecular weight excluding hydrogens is 263 g/mol. The summed E-state index contributed by atoms with van der Waals surface area (Å²) in [6.07, 6.45) is -0.937. The van der Waals surface area contributed by atoms with Crippen LogP contribution in [-0.4, -0.2) is 31.3 Å². The van der Waals surface area contributed by atoms with Crippen molar-refractivity contribution < 1.29 is 18.7 Å². The van der Waals surface area contributed by atoms with Crippen molar-refractivity contribution in [2.24, 2.45) is 0 Å². The molecule has 6 heteroatoms. The van der Waals surface area contributed by atoms with Gasteiger partial charge in [-0.25, -0.2) is 4.39 Å². The lowest BCUT2D eigenvalue weighted by Crippen LogP contribution is -2.32. The summed E-state index contributed by atoms with van der Waals surface area (Å²) in [6, 6.07) is 3.99. The molecule has 0 bridgehead atoms. The number of halogens is 1. The van der Waals surface area contributed by atoms with Crippen molar-refractivity contribution in [1.29, 1.82) is 0 Å². The third-order valence-electron chi connectivity index (χ3n) is 2.61. The predicted molar refractivity (Wildman–Crippen MR) is 75.9 cm³/mol. The first kappa shape index (κ1) is 16.4. The van der Waals surface area contributed by atoms with E-state index < -0.39 is 17.8 Å². The van der Waals surface area contributed by atoms with Gasteiger partial charge in [-0.2, -0.15) is 0 Å². The highest BCUT2D eigenvalue weighted by Crippen LogP contribution is 2.18. The number of hydrogen-bond donors (Lipinski definition) is 2. The summed E-state index contributed by atoms with van der Waals surface area (Å²) in [7, 11) is 0. The number of nitrogen functional groups attached to an aromatic ring is 1. The average Bonchev–Trinajstić information content (AvgIpc) is 2.40. The van der Waals surface area contributed by atoms with Crippen LogP contribution < -0.4 is 11.1 Å². The highest BCUT2D eigenvalue weighted by Gasteiger charge is 2.18. The van der Waals surface area contributed by atoms with Crippen LogP contribution in [0.25, 0.3) is 0 Å². The van der Waals surface area contributed by atoms with Gasteiger partial charge in [0.25, 0.3) is 5.91 Å². The Morgan fingerprint density at radius 3 is 2.80 bits per heavy atom. The lowest BCUT2D eigenvalue weighted by atomic mass is 10.2. The summed E-state index contributed by atoms with van der Waals surface area (Å²) in [5.74, 6) is -0.972. The van der Waals surface area contributed by atoms with E-state index in [2.05, 4.69) is 5.32 Å². The maximum Gasteiger partial charge on any atom is 0.253 e. The molecule has 0 radical (unpaired) electrons. The van der Waals surface area contributed by atoms with E-state index >= 15 is 0 Å². The highest BCUT2D eigenvalue weighted by atomic mass is 19.1. The minimum absolute atomic E-state index is 0.0444. The molecule has 0 heterocycles. The quantitative estimate of drug-likeness (QED) is 0.753. The average molecular weight is 284 g/mol. The summed E-state index contributed by atoms with van der Waals surface area (Å²) in [4.78, 5) is 11.9. The Hall–Kier alpha value is -1.66. The van der Waals surface area contributed by atoms with E-state index in [-0.39, 0.29) is 11.8 Å². The predicted octanol–water partition coefficient (Wildman–Crippen LogP) is 2.18. The van der Waals surface area contributed by atoms with Gasteiger partial charge in [-0.3, -0.25) is 4.79 Å². The Kier molecular flexibility index (Phi) is 6.41. The van der Waals surface area contributed by atoms with Crippen molar-refractivity contribution in [3.63, 3.8) is 0 Å². The molecule has 2 atom stereocenters. The minimum atomic E-state index is -0.716. The van der Waals surface area contributed by atoms with E-state index in [1.165, 1.54) is 18.2 Å². The monoisotopic (exact) mass is 284 g/mol. The number of hydrogen-bond acceptors (Lipinski definition) is 4. The van der Waals surface area contributed by atoms with E-state index in [9.17, 15) is 9.18 Å². The molecule has 1 aromatic rings. The second kappa shape index (κ2) is 7.81. The SMILES string of the molecule is CCOCC(C)OC(C)C(=O)Nc1cc(N)ccc1F. The minimum Gasteiger partial charge on any atom is -0.399 e. The topological polar surface area (TPSA) is 73.6 Å². The van der Waals surface area contributed by atoms with Gasteiger partial charge in [-0.05, 0) is 39.0 Å². The molecule has 0 aromatic heterocycles. The Labute approximate surface area is 118 Å². The van der Waals surface area contributed by atoms with E-state index in [4.69, 9.17) is 15.2 Å². The molecule has 1 amide bonds. The smallest absolute Gasteiger partial charge is 0.253 e. The van der Waals surface area contributed by atoms with Crippen LogP contribution in [0.3, 0.4) is 0 Å². The third kappa shape index (κ3) is 5.14. The Balaban J connectivity index is 2.55. The fourth-order valence-corrected chi connectivity index (χ4v) is 1.61. The molecule has 0 aliphatic rings. The molecule has 0 saturated carbocycles. The second-order valence-corrected chi connectivity index (χ2v) is 4.48. The van der Waals surface area contributed by atoms with Crippen molar-refractivity contribution in [2.45, 2.75) is 33.0 Å². The molecule has 2 unspecified atom stereocenters. The van der Waals surface area contributed by atoms with Crippen LogP contribution in [0.2, 0.25) is 0 Å². The third-order valence-corrected chi connectivity index (χ3v) is 2.61. The number of anilines is 2. The van der Waals surface area contributed by atoms with Crippen molar-refractivity contribution in [2.75, 3.05) is 24.3 Å². The standard InChI is InChI=1S/C14H21FN2O3/c1-4-19-8-9(2)20-10(3)14(18)17-13-7-11(16)5-6-12(13)15/h5-7,9-10H,4,8,16H2,1-3H3,(H,17,18). The Bertz CT molecular complexity index is 454. The number of amides is 1. The van der Waals surface area contributed by atoms with E-state index in [1.807, 2.05) is 6.92 Å². The first-order valence-electron chi connectivity index (χ1n) is 6.53. The van der Waals surface area contributed by atoms with Crippen molar-refractivity contribution in [1.82, 2.24) is 0 Å². The molecule has 0 spiro atoms. The van der Waals surface area contributed by atoms with Gasteiger partial charge >= 0.3 is 0 Å². The Morgan fingerprint density at radius 2 is 2.15 bits per heavy atom. The number of carbonyl (C=O) groups excluding carboxylic acids is 1. The molecule has 112 valence electrons. The van der Waals surface area contributed by atoms with Gasteiger partial charge < -0.3 is 20.5 Å². The first-order valence-corrected chi connectivity index (χ1v) is 6.53. The van der Waals surface area contributed by atoms with Crippen molar-refractivity contribution in [3.8, 4) is 0 Å². The second-order valence-electron chi connectivity index (χ2n) is 4.48. The molecule has 5 nitrogen and oxygen atoms in total. The van der Waals surface area contributed by atoms with Crippen molar-refractivity contribution in [3.05, 3.63) is 24.0 Å². The fourth-order valence-electron chi connectivity index (χ4n) is 1.61. The number of ether oxygens (including phenoxy) is 2. The zero-order chi connectivity index (χ0) is 15.1. The zero-order valence-corrected chi connectivity index (χ0v) is 12.0. The summed E-state index contributed by atoms with van der Waals surface area (Å²) in [6.45, 7) is 6.28. The molecule has 0 saturated heterocycles. The van der Waals surface area contributed by atoms with E-state index in [0.29, 0.717) is 18.9 Å². The van der Waals surface area contributed by atoms with Crippen LogP contribution in [0, 0.1) is 5.82 Å². The summed E-state index contributed by atoms with van der Waals surface area (Å²) < 4.78 is 24.2. The van der Waals surface area contributed by atoms with Gasteiger partial charge in [-0.1, -0.05) is 0 Å². The normalized spacial score (nSPS) is 13.8. The van der Waals surface area contributed by atoms with Crippen LogP contribution >= 0.6 is 0 Å². The summed E-state index contributed by atoms with van der Waals surface area (Å²) in [5.41, 5.74) is 5.97. The van der Waals surface area contributed by atoms with Gasteiger partial charge in [0.2, 0.25) is 0 Å². The zero-order valence-electron chi connectivity index (χ0n) is 12.0. The number of benzene rings is 1. The lowest BCUT2D eigenvalue weighted by Gasteiger charge is -2.19. The van der Waals surface area contributed by atoms with Gasteiger partial charge in [0, 0.05) is 12.3 Å². The van der Waals surface area contributed by atoms with Crippen LogP contribution in [0.4, 0.5) is 15.8 Å². The summed E-state index contributed by atoms with van der Waals surface area (Å²) >= 11 is 0. The number of carbonyl (C=O) groups is 1. The molecule has 0 aliphatic carbocycles. The number of nitrogens with one attached hydrogen (secondary N) is 1. The molecule has 1 aromatic carbocycles. The molecule has 20 heavy (non-hydrogen) atoms. The maximum atomic E-state index is 13.5. The van der Waals surface area contributed by atoms with Crippen LogP contribution in [-0.2, 0) is 14.3 Å². The Morgan fingerprint density at radius 1 is 1.45 bits per heavy atom. The van der Waals surface area contributed by atoms with Gasteiger partial charge in [0.15, 0.2) is 0 Å². The van der Waals surface area contributed by atoms with Crippen LogP contribution in [0.5, 0.6) is 0 Å². The van der Waals surface area contributed by atoms with Crippen molar-refractivity contribution >= 4 is 17.3 Å². The maximum absolute atomic E-state index is 13.5. The van der Waals surface area contributed by atoms with Gasteiger partial charge in [-0.15, -0.1) is 0 Å². The molecule has 1 rings (SSSR count). The molecule has 0 aliphatic heterocycles. The van der Waals surface area contributed by atoms with E-state index in [1.54, 1.807) is 13.8 Å². The lowest BCUT2D eigenvalue weighted by molar-refractivity contribution is -0.131. The van der Waals surface area contributed by atoms with Crippen LogP contribution in [0.1, 0.15) is 20.8 Å². The highest BCUT2D eigenvalue weighted by molar-refractivity contribution is 5.94. The molecular formula is C14H21FN2O3. The number of rotatable bonds is 7. The van der Waals surface area contributed by atoms with Gasteiger partial charge in [0.05, 0.1) is 18.4 Å². The largest absolute Gasteiger partial charge is 0.399 e. The van der Waals surface area contributed by atoms with Crippen LogP contribution in [0.15, 0.2) is 18.2 Å².